The fourth-order valence-corrected chi connectivity index (χ4v) is 5.52. The molecule has 5 aromatic rings. The predicted molar refractivity (Wildman–Crippen MR) is 141 cm³/mol. The van der Waals surface area contributed by atoms with Crippen LogP contribution in [0.15, 0.2) is 54.6 Å². The molecular weight excluding hydrogens is 506 g/mol. The molecule has 0 radical (unpaired) electrons. The highest BCUT2D eigenvalue weighted by atomic mass is 35.5. The number of benzene rings is 3. The molecule has 2 N–H and O–H groups in total. The summed E-state index contributed by atoms with van der Waals surface area (Å²) in [6, 6.07) is 15.9. The van der Waals surface area contributed by atoms with E-state index in [0.29, 0.717) is 34.2 Å². The average molecular weight is 529 g/mol. The second-order valence-electron chi connectivity index (χ2n) is 9.62. The van der Waals surface area contributed by atoms with Gasteiger partial charge in [-0.15, -0.1) is 10.2 Å². The molecule has 1 saturated carbocycles. The molecule has 2 unspecified atom stereocenters. The Kier molecular flexibility index (Phi) is 6.61. The lowest BCUT2D eigenvalue weighted by Crippen LogP contribution is -2.21. The van der Waals surface area contributed by atoms with Crippen molar-refractivity contribution in [3.8, 4) is 23.2 Å². The van der Waals surface area contributed by atoms with Crippen LogP contribution in [-0.4, -0.2) is 30.6 Å². The van der Waals surface area contributed by atoms with Gasteiger partial charge in [0, 0.05) is 40.3 Å². The van der Waals surface area contributed by atoms with Gasteiger partial charge in [0.05, 0.1) is 11.0 Å². The molecule has 6 nitrogen and oxygen atoms in total. The predicted octanol–water partition coefficient (Wildman–Crippen LogP) is 6.59. The van der Waals surface area contributed by atoms with E-state index in [2.05, 4.69) is 48.5 Å². The lowest BCUT2D eigenvalue weighted by Gasteiger charge is -2.32. The molecule has 0 saturated heterocycles. The number of fused-ring (bicyclic) bond motifs is 1. The van der Waals surface area contributed by atoms with Gasteiger partial charge in [0.15, 0.2) is 11.6 Å². The minimum absolute atomic E-state index is 0.271. The quantitative estimate of drug-likeness (QED) is 0.258. The molecule has 190 valence electrons. The summed E-state index contributed by atoms with van der Waals surface area (Å²) in [5, 5.41) is 14.7. The van der Waals surface area contributed by atoms with E-state index in [-0.39, 0.29) is 5.92 Å². The molecule has 1 fully saturated rings. The summed E-state index contributed by atoms with van der Waals surface area (Å²) in [6.07, 6.45) is 5.02. The molecule has 0 spiro atoms. The Labute approximate surface area is 222 Å². The van der Waals surface area contributed by atoms with Crippen LogP contribution in [0.4, 0.5) is 8.78 Å². The summed E-state index contributed by atoms with van der Waals surface area (Å²) < 4.78 is 27.4. The summed E-state index contributed by atoms with van der Waals surface area (Å²) in [5.74, 6) is 6.71. The number of imidazole rings is 1. The van der Waals surface area contributed by atoms with Crippen LogP contribution < -0.4 is 0 Å². The average Bonchev–Trinajstić information content (AvgIpc) is 3.59. The van der Waals surface area contributed by atoms with Crippen LogP contribution >= 0.6 is 11.6 Å². The Balaban J connectivity index is 1.28. The van der Waals surface area contributed by atoms with Gasteiger partial charge in [0.2, 0.25) is 5.82 Å². The zero-order valence-electron chi connectivity index (χ0n) is 20.3. The summed E-state index contributed by atoms with van der Waals surface area (Å²) in [6.45, 7) is 0. The van der Waals surface area contributed by atoms with Crippen molar-refractivity contribution in [2.75, 3.05) is 0 Å². The SMILES string of the molecule is Fc1cc2nc(CC3CCCCC3c3ccc(Cl)cc3C#Cc3ccc(-c4nn[nH]n4)cc3)[nH]c2cc1F. The maximum atomic E-state index is 13.7. The van der Waals surface area contributed by atoms with Gasteiger partial charge in [-0.3, -0.25) is 0 Å². The van der Waals surface area contributed by atoms with E-state index in [1.807, 2.05) is 36.4 Å². The van der Waals surface area contributed by atoms with Crippen molar-refractivity contribution in [1.29, 1.82) is 0 Å². The number of rotatable bonds is 4. The zero-order valence-corrected chi connectivity index (χ0v) is 21.1. The maximum absolute atomic E-state index is 13.7. The first kappa shape index (κ1) is 24.3. The van der Waals surface area contributed by atoms with Crippen molar-refractivity contribution in [3.05, 3.63) is 93.8 Å². The Bertz CT molecular complexity index is 1610. The minimum Gasteiger partial charge on any atom is -0.342 e. The first-order chi connectivity index (χ1) is 18.5. The minimum atomic E-state index is -0.889. The smallest absolute Gasteiger partial charge is 0.204 e. The molecule has 1 aliphatic rings. The molecule has 2 atom stereocenters. The summed E-state index contributed by atoms with van der Waals surface area (Å²) in [7, 11) is 0. The normalized spacial score (nSPS) is 17.3. The third-order valence-electron chi connectivity index (χ3n) is 7.18. The van der Waals surface area contributed by atoms with Gasteiger partial charge in [-0.2, -0.15) is 5.21 Å². The van der Waals surface area contributed by atoms with E-state index in [1.54, 1.807) is 0 Å². The summed E-state index contributed by atoms with van der Waals surface area (Å²) in [4.78, 5) is 7.74. The standard InChI is InChI=1S/C29H23ClF2N6/c30-21-11-12-23(20(13-21)10-7-17-5-8-18(9-6-17)29-35-37-38-36-29)22-4-2-1-3-19(22)14-28-33-26-15-24(31)25(32)16-27(26)34-28/h5-6,8-9,11-13,15-16,19,22H,1-4,14H2,(H,33,34)(H,35,36,37,38). The highest BCUT2D eigenvalue weighted by molar-refractivity contribution is 6.30. The molecule has 38 heavy (non-hydrogen) atoms. The van der Waals surface area contributed by atoms with Gasteiger partial charge >= 0.3 is 0 Å². The number of tetrazole rings is 1. The number of hydrogen-bond acceptors (Lipinski definition) is 4. The fraction of sp³-hybridized carbons (Fsp3) is 0.241. The van der Waals surface area contributed by atoms with Crippen molar-refractivity contribution < 1.29 is 8.78 Å². The number of halogens is 3. The number of hydrogen-bond donors (Lipinski definition) is 2. The van der Waals surface area contributed by atoms with Crippen LogP contribution in [0.1, 0.15) is 54.1 Å². The van der Waals surface area contributed by atoms with E-state index in [1.165, 1.54) is 11.6 Å². The number of aromatic nitrogens is 6. The molecule has 0 amide bonds. The largest absolute Gasteiger partial charge is 0.342 e. The first-order valence-electron chi connectivity index (χ1n) is 12.5. The number of nitrogens with zero attached hydrogens (tertiary/aromatic N) is 4. The van der Waals surface area contributed by atoms with Crippen LogP contribution in [-0.2, 0) is 6.42 Å². The van der Waals surface area contributed by atoms with Crippen molar-refractivity contribution in [2.45, 2.75) is 38.0 Å². The summed E-state index contributed by atoms with van der Waals surface area (Å²) in [5.41, 5.74) is 4.75. The van der Waals surface area contributed by atoms with Gasteiger partial charge in [0.1, 0.15) is 5.82 Å². The zero-order chi connectivity index (χ0) is 26.1. The number of H-pyrrole nitrogens is 2. The van der Waals surface area contributed by atoms with Gasteiger partial charge in [-0.1, -0.05) is 42.3 Å². The topological polar surface area (TPSA) is 83.1 Å². The number of aromatic amines is 2. The Morgan fingerprint density at radius 1 is 0.947 bits per heavy atom. The van der Waals surface area contributed by atoms with Crippen LogP contribution in [0, 0.1) is 29.4 Å². The van der Waals surface area contributed by atoms with Crippen molar-refractivity contribution in [1.82, 2.24) is 30.6 Å². The Morgan fingerprint density at radius 3 is 2.58 bits per heavy atom. The van der Waals surface area contributed by atoms with Crippen LogP contribution in [0.2, 0.25) is 5.02 Å². The number of nitrogens with one attached hydrogen (secondary N) is 2. The second-order valence-corrected chi connectivity index (χ2v) is 10.1. The van der Waals surface area contributed by atoms with Crippen molar-refractivity contribution >= 4 is 22.6 Å². The monoisotopic (exact) mass is 528 g/mol. The van der Waals surface area contributed by atoms with Gasteiger partial charge in [0.25, 0.3) is 0 Å². The van der Waals surface area contributed by atoms with E-state index in [0.717, 1.165) is 54.3 Å². The van der Waals surface area contributed by atoms with E-state index < -0.39 is 11.6 Å². The lowest BCUT2D eigenvalue weighted by atomic mass is 9.73. The van der Waals surface area contributed by atoms with E-state index >= 15 is 0 Å². The fourth-order valence-electron chi connectivity index (χ4n) is 5.35. The third-order valence-corrected chi connectivity index (χ3v) is 7.42. The van der Waals surface area contributed by atoms with Gasteiger partial charge in [-0.25, -0.2) is 13.8 Å². The Hall–Kier alpha value is -4.09. The molecule has 2 aromatic heterocycles. The molecule has 1 aliphatic carbocycles. The molecule has 6 rings (SSSR count). The molecule has 0 bridgehead atoms. The van der Waals surface area contributed by atoms with Crippen LogP contribution in [0.25, 0.3) is 22.4 Å². The third kappa shape index (κ3) is 5.02. The maximum Gasteiger partial charge on any atom is 0.204 e. The second kappa shape index (κ2) is 10.3. The highest BCUT2D eigenvalue weighted by Crippen LogP contribution is 2.41. The highest BCUT2D eigenvalue weighted by Gasteiger charge is 2.29. The molecule has 9 heteroatoms. The molecule has 3 aromatic carbocycles. The van der Waals surface area contributed by atoms with E-state index in [9.17, 15) is 8.78 Å². The van der Waals surface area contributed by atoms with E-state index in [4.69, 9.17) is 11.6 Å². The Morgan fingerprint density at radius 2 is 1.76 bits per heavy atom. The van der Waals surface area contributed by atoms with Gasteiger partial charge in [-0.05, 0) is 71.9 Å². The van der Waals surface area contributed by atoms with Crippen LogP contribution in [0.5, 0.6) is 0 Å². The van der Waals surface area contributed by atoms with Gasteiger partial charge < -0.3 is 4.98 Å². The molecular formula is C29H23ClF2N6. The summed E-state index contributed by atoms with van der Waals surface area (Å²) >= 11 is 6.39. The lowest BCUT2D eigenvalue weighted by molar-refractivity contribution is 0.301. The van der Waals surface area contributed by atoms with Crippen LogP contribution in [0.3, 0.4) is 0 Å². The van der Waals surface area contributed by atoms with Crippen molar-refractivity contribution in [2.24, 2.45) is 5.92 Å². The first-order valence-corrected chi connectivity index (χ1v) is 12.9. The molecule has 0 aliphatic heterocycles. The van der Waals surface area contributed by atoms with Crippen molar-refractivity contribution in [3.63, 3.8) is 0 Å². The molecule has 2 heterocycles.